The van der Waals surface area contributed by atoms with Gasteiger partial charge in [0.2, 0.25) is 0 Å². The molecule has 0 radical (unpaired) electrons. The van der Waals surface area contributed by atoms with Gasteiger partial charge in [0.05, 0.1) is 10.2 Å². The number of aldehydes is 1. The molecule has 1 aliphatic heterocycles. The van der Waals surface area contributed by atoms with Crippen LogP contribution in [-0.2, 0) is 4.79 Å². The Morgan fingerprint density at radius 1 is 1.48 bits per heavy atom. The number of nitrogens with one attached hydrogen (secondary N) is 2. The number of hydrogen-bond donors (Lipinski definition) is 2. The smallest absolute Gasteiger partial charge is 0.159 e. The first-order valence-electron chi connectivity index (χ1n) is 7.00. The maximum absolute atomic E-state index is 11.4. The van der Waals surface area contributed by atoms with Gasteiger partial charge in [0, 0.05) is 25.8 Å². The maximum atomic E-state index is 11.4. The van der Waals surface area contributed by atoms with E-state index in [1.165, 1.54) is 12.8 Å². The molecule has 2 N–H and O–H groups in total. The molecule has 1 fully saturated rings. The largest absolute Gasteiger partial charge is 0.363 e. The van der Waals surface area contributed by atoms with E-state index in [2.05, 4.69) is 15.3 Å². The van der Waals surface area contributed by atoms with Gasteiger partial charge in [-0.05, 0) is 43.3 Å². The van der Waals surface area contributed by atoms with Crippen LogP contribution in [0.25, 0.3) is 10.2 Å². The van der Waals surface area contributed by atoms with Crippen molar-refractivity contribution < 1.29 is 4.79 Å². The zero-order valence-electron chi connectivity index (χ0n) is 11.8. The van der Waals surface area contributed by atoms with Gasteiger partial charge in [0.25, 0.3) is 0 Å². The summed E-state index contributed by atoms with van der Waals surface area (Å²) in [5, 5.41) is 7.47. The number of likely N-dealkylation sites (N-methyl/N-ethyl adjacent to an activating group) is 1. The Morgan fingerprint density at radius 2 is 2.24 bits per heavy atom. The second-order valence-corrected chi connectivity index (χ2v) is 6.90. The fraction of sp³-hybridized carbons (Fsp3) is 0.429. The predicted molar refractivity (Wildman–Crippen MR) is 89.1 cm³/mol. The first kappa shape index (κ1) is 14.6. The molecule has 0 spiro atoms. The van der Waals surface area contributed by atoms with Gasteiger partial charge in [-0.25, -0.2) is 10.0 Å². The number of rotatable bonds is 5. The van der Waals surface area contributed by atoms with E-state index >= 15 is 0 Å². The van der Waals surface area contributed by atoms with Crippen molar-refractivity contribution in [1.82, 2.24) is 15.0 Å². The monoisotopic (exact) mass is 322 g/mol. The summed E-state index contributed by atoms with van der Waals surface area (Å²) in [7, 11) is 1.95. The minimum Gasteiger partial charge on any atom is -0.363 e. The van der Waals surface area contributed by atoms with Crippen LogP contribution in [0.5, 0.6) is 0 Å². The number of carbonyl (C=O) groups is 1. The highest BCUT2D eigenvalue weighted by molar-refractivity contribution is 7.73. The van der Waals surface area contributed by atoms with Gasteiger partial charge in [0.15, 0.2) is 10.2 Å². The zero-order chi connectivity index (χ0) is 14.8. The average molecular weight is 322 g/mol. The number of aromatic amines is 1. The van der Waals surface area contributed by atoms with Gasteiger partial charge in [-0.2, -0.15) is 0 Å². The molecular weight excluding hydrogens is 304 g/mol. The van der Waals surface area contributed by atoms with Gasteiger partial charge >= 0.3 is 0 Å². The Bertz CT molecular complexity index is 690. The number of hydrogen-bond acceptors (Lipinski definition) is 6. The Labute approximate surface area is 132 Å². The highest BCUT2D eigenvalue weighted by atomic mass is 32.1. The Hall–Kier alpha value is -1.28. The summed E-state index contributed by atoms with van der Waals surface area (Å²) in [4.78, 5) is 14.6. The number of fused-ring (bicyclic) bond motifs is 1. The number of H-pyrrole nitrogens is 1. The summed E-state index contributed by atoms with van der Waals surface area (Å²) >= 11 is 6.71. The van der Waals surface area contributed by atoms with Crippen LogP contribution in [0.3, 0.4) is 0 Å². The number of benzene rings is 1. The molecule has 7 heteroatoms. The molecule has 1 aliphatic rings. The third-order valence-electron chi connectivity index (χ3n) is 3.79. The molecule has 1 unspecified atom stereocenters. The number of hydrazine groups is 1. The minimum atomic E-state index is -0.359. The third kappa shape index (κ3) is 3.16. The quantitative estimate of drug-likeness (QED) is 0.504. The van der Waals surface area contributed by atoms with Crippen LogP contribution in [0.15, 0.2) is 18.2 Å². The van der Waals surface area contributed by atoms with Gasteiger partial charge in [-0.1, -0.05) is 0 Å². The fourth-order valence-electron chi connectivity index (χ4n) is 2.62. The molecule has 112 valence electrons. The van der Waals surface area contributed by atoms with Crippen LogP contribution in [0, 0.1) is 3.95 Å². The lowest BCUT2D eigenvalue weighted by Crippen LogP contribution is -2.49. The topological polar surface area (TPSA) is 51.4 Å². The van der Waals surface area contributed by atoms with Gasteiger partial charge in [-0.15, -0.1) is 11.3 Å². The van der Waals surface area contributed by atoms with Crippen LogP contribution >= 0.6 is 23.6 Å². The molecule has 0 saturated carbocycles. The van der Waals surface area contributed by atoms with Crippen LogP contribution in [0.1, 0.15) is 12.8 Å². The fourth-order valence-corrected chi connectivity index (χ4v) is 3.72. The molecule has 5 nitrogen and oxygen atoms in total. The number of anilines is 1. The molecule has 1 saturated heterocycles. The maximum Gasteiger partial charge on any atom is 0.159 e. The number of carbonyl (C=O) groups excluding carboxylic acids is 1. The molecule has 1 atom stereocenters. The van der Waals surface area contributed by atoms with Crippen LogP contribution in [0.4, 0.5) is 5.69 Å². The van der Waals surface area contributed by atoms with Gasteiger partial charge in [-0.3, -0.25) is 4.79 Å². The molecule has 1 aromatic heterocycles. The lowest BCUT2D eigenvalue weighted by atomic mass is 10.3. The molecule has 0 bridgehead atoms. The normalized spacial score (nSPS) is 17.4. The zero-order valence-corrected chi connectivity index (χ0v) is 13.5. The van der Waals surface area contributed by atoms with E-state index < -0.39 is 0 Å². The van der Waals surface area contributed by atoms with Crippen molar-refractivity contribution in [2.45, 2.75) is 19.0 Å². The molecule has 3 rings (SSSR count). The van der Waals surface area contributed by atoms with Crippen molar-refractivity contribution >= 4 is 45.7 Å². The predicted octanol–water partition coefficient (Wildman–Crippen LogP) is 2.84. The lowest BCUT2D eigenvalue weighted by molar-refractivity contribution is -0.117. The summed E-state index contributed by atoms with van der Waals surface area (Å²) in [6.07, 6.45) is 2.96. The lowest BCUT2D eigenvalue weighted by Gasteiger charge is -2.32. The summed E-state index contributed by atoms with van der Waals surface area (Å²) in [5.74, 6) is 0. The van der Waals surface area contributed by atoms with Crippen molar-refractivity contribution in [3.8, 4) is 0 Å². The molecular formula is C14H18N4OS2. The van der Waals surface area contributed by atoms with Gasteiger partial charge < -0.3 is 10.3 Å². The Morgan fingerprint density at radius 3 is 2.95 bits per heavy atom. The van der Waals surface area contributed by atoms with E-state index in [4.69, 9.17) is 12.2 Å². The molecule has 0 amide bonds. The standard InChI is InChI=1S/C14H18N4OS2/c1-17(18-6-2-3-7-18)13(9-19)15-10-4-5-12-11(8-10)16-14(20)21-12/h4-5,8-9,13,15H,2-3,6-7H2,1H3,(H,16,20). The summed E-state index contributed by atoms with van der Waals surface area (Å²) in [6, 6.07) is 6.00. The van der Waals surface area contributed by atoms with Crippen LogP contribution in [0.2, 0.25) is 0 Å². The second-order valence-electron chi connectivity index (χ2n) is 5.19. The Kier molecular flexibility index (Phi) is 4.34. The van der Waals surface area contributed by atoms with Crippen molar-refractivity contribution in [2.75, 3.05) is 25.5 Å². The van der Waals surface area contributed by atoms with E-state index in [-0.39, 0.29) is 6.17 Å². The molecule has 2 heterocycles. The second kappa shape index (κ2) is 6.23. The molecule has 21 heavy (non-hydrogen) atoms. The highest BCUT2D eigenvalue weighted by Gasteiger charge is 2.23. The summed E-state index contributed by atoms with van der Waals surface area (Å²) in [6.45, 7) is 2.03. The molecule has 0 aliphatic carbocycles. The van der Waals surface area contributed by atoms with Crippen molar-refractivity contribution in [2.24, 2.45) is 0 Å². The average Bonchev–Trinajstić information content (AvgIpc) is 3.11. The van der Waals surface area contributed by atoms with Crippen LogP contribution in [-0.4, -0.2) is 47.6 Å². The number of aromatic nitrogens is 1. The first-order valence-corrected chi connectivity index (χ1v) is 8.22. The van der Waals surface area contributed by atoms with E-state index in [0.29, 0.717) is 0 Å². The van der Waals surface area contributed by atoms with E-state index in [1.807, 2.05) is 30.3 Å². The first-order chi connectivity index (χ1) is 10.2. The van der Waals surface area contributed by atoms with Crippen molar-refractivity contribution in [1.29, 1.82) is 0 Å². The summed E-state index contributed by atoms with van der Waals surface area (Å²) in [5.41, 5.74) is 1.91. The molecule has 1 aromatic carbocycles. The van der Waals surface area contributed by atoms with Crippen LogP contribution < -0.4 is 5.32 Å². The highest BCUT2D eigenvalue weighted by Crippen LogP contribution is 2.23. The number of thiazole rings is 1. The molecule has 2 aromatic rings. The third-order valence-corrected chi connectivity index (χ3v) is 5.01. The van der Waals surface area contributed by atoms with Gasteiger partial charge in [0.1, 0.15) is 6.17 Å². The minimum absolute atomic E-state index is 0.359. The number of nitrogens with zero attached hydrogens (tertiary/aromatic N) is 2. The Balaban J connectivity index is 1.77. The van der Waals surface area contributed by atoms with E-state index in [0.717, 1.165) is 39.2 Å². The van der Waals surface area contributed by atoms with Crippen molar-refractivity contribution in [3.63, 3.8) is 0 Å². The van der Waals surface area contributed by atoms with E-state index in [1.54, 1.807) is 11.3 Å². The van der Waals surface area contributed by atoms with E-state index in [9.17, 15) is 4.79 Å². The van der Waals surface area contributed by atoms with Crippen molar-refractivity contribution in [3.05, 3.63) is 22.2 Å². The SMILES string of the molecule is CN(C(C=O)Nc1ccc2sc(=S)[nH]c2c1)N1CCCC1. The summed E-state index contributed by atoms with van der Waals surface area (Å²) < 4.78 is 1.89.